The molecule has 1 N–H and O–H groups in total. The fraction of sp³-hybridized carbons (Fsp3) is 0.385. The van der Waals surface area contributed by atoms with E-state index in [4.69, 9.17) is 5.11 Å². The number of aromatic nitrogens is 2. The molecule has 4 nitrogen and oxygen atoms in total. The van der Waals surface area contributed by atoms with Crippen molar-refractivity contribution in [2.45, 2.75) is 32.0 Å². The number of carboxylic acids is 1. The maximum Gasteiger partial charge on any atom is 0.406 e. The van der Waals surface area contributed by atoms with E-state index in [1.165, 1.54) is 0 Å². The minimum absolute atomic E-state index is 0.0881. The molecule has 0 fully saturated rings. The topological polar surface area (TPSA) is 55.1 Å². The summed E-state index contributed by atoms with van der Waals surface area (Å²) < 4.78 is 39.0. The second-order valence-electron chi connectivity index (χ2n) is 4.47. The van der Waals surface area contributed by atoms with Crippen molar-refractivity contribution in [1.29, 1.82) is 0 Å². The van der Waals surface area contributed by atoms with Gasteiger partial charge in [-0.15, -0.1) is 0 Å². The van der Waals surface area contributed by atoms with Gasteiger partial charge >= 0.3 is 12.1 Å². The molecule has 0 atom stereocenters. The number of nitrogens with zero attached hydrogens (tertiary/aromatic N) is 2. The first-order valence-electron chi connectivity index (χ1n) is 6.09. The van der Waals surface area contributed by atoms with Gasteiger partial charge in [-0.3, -0.25) is 4.79 Å². The monoisotopic (exact) mass is 286 g/mol. The van der Waals surface area contributed by atoms with E-state index in [1.807, 2.05) is 0 Å². The van der Waals surface area contributed by atoms with Crippen molar-refractivity contribution in [3.8, 4) is 0 Å². The highest BCUT2D eigenvalue weighted by Crippen LogP contribution is 2.24. The van der Waals surface area contributed by atoms with Gasteiger partial charge in [-0.05, 0) is 18.6 Å². The van der Waals surface area contributed by atoms with Crippen LogP contribution >= 0.6 is 0 Å². The van der Waals surface area contributed by atoms with Gasteiger partial charge < -0.3 is 9.67 Å². The molecule has 0 saturated heterocycles. The number of alkyl halides is 3. The lowest BCUT2D eigenvalue weighted by Crippen LogP contribution is -2.19. The molecule has 20 heavy (non-hydrogen) atoms. The van der Waals surface area contributed by atoms with Crippen molar-refractivity contribution in [1.82, 2.24) is 9.55 Å². The van der Waals surface area contributed by atoms with Crippen molar-refractivity contribution < 1.29 is 23.1 Å². The van der Waals surface area contributed by atoms with E-state index >= 15 is 0 Å². The molecular weight excluding hydrogens is 273 g/mol. The lowest BCUT2D eigenvalue weighted by molar-refractivity contribution is -0.140. The molecule has 1 aromatic carbocycles. The van der Waals surface area contributed by atoms with Crippen LogP contribution in [-0.4, -0.2) is 26.8 Å². The van der Waals surface area contributed by atoms with E-state index in [-0.39, 0.29) is 25.1 Å². The Balaban J connectivity index is 2.31. The number of halogens is 3. The van der Waals surface area contributed by atoms with E-state index in [2.05, 4.69) is 4.98 Å². The van der Waals surface area contributed by atoms with Crippen LogP contribution in [0.15, 0.2) is 24.3 Å². The van der Waals surface area contributed by atoms with Gasteiger partial charge in [-0.2, -0.15) is 13.2 Å². The van der Waals surface area contributed by atoms with Crippen LogP contribution in [0.25, 0.3) is 11.0 Å². The lowest BCUT2D eigenvalue weighted by atomic mass is 10.2. The molecular formula is C13H13F3N2O2. The Morgan fingerprint density at radius 1 is 1.30 bits per heavy atom. The molecule has 0 amide bonds. The number of para-hydroxylation sites is 2. The van der Waals surface area contributed by atoms with Crippen LogP contribution in [0.2, 0.25) is 0 Å². The largest absolute Gasteiger partial charge is 0.481 e. The fourth-order valence-corrected chi connectivity index (χ4v) is 2.07. The summed E-state index contributed by atoms with van der Waals surface area (Å²) in [4.78, 5) is 14.6. The second kappa shape index (κ2) is 5.52. The summed E-state index contributed by atoms with van der Waals surface area (Å²) in [7, 11) is 0. The van der Waals surface area contributed by atoms with Gasteiger partial charge in [0, 0.05) is 12.8 Å². The number of hydrogen-bond donors (Lipinski definition) is 1. The molecule has 0 saturated carbocycles. The predicted molar refractivity (Wildman–Crippen MR) is 66.4 cm³/mol. The van der Waals surface area contributed by atoms with E-state index in [0.29, 0.717) is 11.0 Å². The zero-order valence-electron chi connectivity index (χ0n) is 10.5. The standard InChI is InChI=1S/C13H13F3N2O2/c14-13(15,16)8-18-10-5-2-1-4-9(10)17-11(18)6-3-7-12(19)20/h1-2,4-5H,3,6-8H2,(H,19,20). The first-order chi connectivity index (χ1) is 9.37. The van der Waals surface area contributed by atoms with E-state index in [9.17, 15) is 18.0 Å². The van der Waals surface area contributed by atoms with Gasteiger partial charge in [0.1, 0.15) is 12.4 Å². The molecule has 0 aliphatic carbocycles. The molecule has 2 aromatic rings. The van der Waals surface area contributed by atoms with Gasteiger partial charge in [-0.25, -0.2) is 4.98 Å². The second-order valence-corrected chi connectivity index (χ2v) is 4.47. The van der Waals surface area contributed by atoms with Crippen LogP contribution in [0.5, 0.6) is 0 Å². The molecule has 0 bridgehead atoms. The quantitative estimate of drug-likeness (QED) is 0.919. The van der Waals surface area contributed by atoms with Crippen molar-refractivity contribution in [3.63, 3.8) is 0 Å². The Kier molecular flexibility index (Phi) is 3.96. The number of carboxylic acid groups (broad SMARTS) is 1. The Morgan fingerprint density at radius 2 is 2.00 bits per heavy atom. The normalized spacial score (nSPS) is 11.9. The molecule has 0 aliphatic rings. The summed E-state index contributed by atoms with van der Waals surface area (Å²) in [5, 5.41) is 8.58. The zero-order chi connectivity index (χ0) is 14.8. The van der Waals surface area contributed by atoms with Gasteiger partial charge in [0.25, 0.3) is 0 Å². The number of aliphatic carboxylic acids is 1. The smallest absolute Gasteiger partial charge is 0.406 e. The summed E-state index contributed by atoms with van der Waals surface area (Å²) in [6, 6.07) is 6.57. The Bertz CT molecular complexity index is 620. The molecule has 0 aliphatic heterocycles. The third kappa shape index (κ3) is 3.49. The SMILES string of the molecule is O=C(O)CCCc1nc2ccccc2n1CC(F)(F)F. The fourth-order valence-electron chi connectivity index (χ4n) is 2.07. The van der Waals surface area contributed by atoms with Gasteiger partial charge in [0.15, 0.2) is 0 Å². The number of fused-ring (bicyclic) bond motifs is 1. The van der Waals surface area contributed by atoms with E-state index in [0.717, 1.165) is 4.57 Å². The molecule has 0 unspecified atom stereocenters. The average molecular weight is 286 g/mol. The van der Waals surface area contributed by atoms with Crippen molar-refractivity contribution >= 4 is 17.0 Å². The Hall–Kier alpha value is -2.05. The summed E-state index contributed by atoms with van der Waals surface area (Å²) in [6.45, 7) is -1.12. The number of imidazole rings is 1. The van der Waals surface area contributed by atoms with Crippen LogP contribution < -0.4 is 0 Å². The Morgan fingerprint density at radius 3 is 2.65 bits per heavy atom. The highest BCUT2D eigenvalue weighted by Gasteiger charge is 2.30. The number of hydrogen-bond acceptors (Lipinski definition) is 2. The minimum Gasteiger partial charge on any atom is -0.481 e. The highest BCUT2D eigenvalue weighted by molar-refractivity contribution is 5.76. The number of carbonyl (C=O) groups is 1. The maximum absolute atomic E-state index is 12.6. The van der Waals surface area contributed by atoms with Crippen molar-refractivity contribution in [2.75, 3.05) is 0 Å². The summed E-state index contributed by atoms with van der Waals surface area (Å²) in [6.07, 6.45) is -3.96. The lowest BCUT2D eigenvalue weighted by Gasteiger charge is -2.11. The maximum atomic E-state index is 12.6. The highest BCUT2D eigenvalue weighted by atomic mass is 19.4. The van der Waals surface area contributed by atoms with Crippen LogP contribution in [0.3, 0.4) is 0 Å². The minimum atomic E-state index is -4.34. The summed E-state index contributed by atoms with van der Waals surface area (Å²) >= 11 is 0. The van der Waals surface area contributed by atoms with Gasteiger partial charge in [0.2, 0.25) is 0 Å². The number of rotatable bonds is 5. The third-order valence-corrected chi connectivity index (χ3v) is 2.86. The molecule has 2 rings (SSSR count). The number of aryl methyl sites for hydroxylation is 1. The first kappa shape index (κ1) is 14.4. The summed E-state index contributed by atoms with van der Waals surface area (Å²) in [5.74, 6) is -0.701. The van der Waals surface area contributed by atoms with E-state index in [1.54, 1.807) is 24.3 Å². The number of benzene rings is 1. The molecule has 7 heteroatoms. The molecule has 1 heterocycles. The molecule has 0 spiro atoms. The van der Waals surface area contributed by atoms with Gasteiger partial charge in [0.05, 0.1) is 11.0 Å². The van der Waals surface area contributed by atoms with Crippen LogP contribution in [0, 0.1) is 0 Å². The average Bonchev–Trinajstić information content (AvgIpc) is 2.66. The van der Waals surface area contributed by atoms with Crippen molar-refractivity contribution in [3.05, 3.63) is 30.1 Å². The van der Waals surface area contributed by atoms with Crippen molar-refractivity contribution in [2.24, 2.45) is 0 Å². The van der Waals surface area contributed by atoms with Crippen LogP contribution in [0.1, 0.15) is 18.7 Å². The zero-order valence-corrected chi connectivity index (χ0v) is 10.5. The van der Waals surface area contributed by atoms with Crippen LogP contribution in [-0.2, 0) is 17.8 Å². The summed E-state index contributed by atoms with van der Waals surface area (Å²) in [5.41, 5.74) is 0.900. The molecule has 108 valence electrons. The van der Waals surface area contributed by atoms with Crippen LogP contribution in [0.4, 0.5) is 13.2 Å². The molecule has 0 radical (unpaired) electrons. The Labute approximate surface area is 112 Å². The third-order valence-electron chi connectivity index (χ3n) is 2.86. The molecule has 1 aromatic heterocycles. The van der Waals surface area contributed by atoms with E-state index < -0.39 is 18.7 Å². The van der Waals surface area contributed by atoms with Gasteiger partial charge in [-0.1, -0.05) is 12.1 Å². The predicted octanol–water partition coefficient (Wildman–Crippen LogP) is 3.01. The first-order valence-corrected chi connectivity index (χ1v) is 6.09.